The third kappa shape index (κ3) is 1.40. The first-order valence-corrected chi connectivity index (χ1v) is 5.13. The van der Waals surface area contributed by atoms with Crippen LogP contribution in [0, 0.1) is 0 Å². The number of aromatic hydroxyl groups is 1. The molecule has 2 aromatic heterocycles. The molecule has 1 aromatic carbocycles. The Labute approximate surface area is 97.2 Å². The summed E-state index contributed by atoms with van der Waals surface area (Å²) in [6.45, 7) is 0. The minimum absolute atomic E-state index is 0.190. The highest BCUT2D eigenvalue weighted by molar-refractivity contribution is 5.72. The first-order valence-electron chi connectivity index (χ1n) is 5.13. The van der Waals surface area contributed by atoms with E-state index in [4.69, 9.17) is 5.73 Å². The molecular weight excluding hydrogens is 216 g/mol. The molecule has 0 bridgehead atoms. The van der Waals surface area contributed by atoms with Crippen LogP contribution in [0.2, 0.25) is 0 Å². The zero-order valence-corrected chi connectivity index (χ0v) is 8.91. The van der Waals surface area contributed by atoms with Crippen LogP contribution in [0.15, 0.2) is 42.9 Å². The van der Waals surface area contributed by atoms with Gasteiger partial charge >= 0.3 is 0 Å². The summed E-state index contributed by atoms with van der Waals surface area (Å²) in [4.78, 5) is 8.26. The second kappa shape index (κ2) is 3.48. The quantitative estimate of drug-likeness (QED) is 0.662. The van der Waals surface area contributed by atoms with Gasteiger partial charge in [0.2, 0.25) is 0 Å². The van der Waals surface area contributed by atoms with Crippen LogP contribution in [0.4, 0.5) is 5.82 Å². The van der Waals surface area contributed by atoms with Gasteiger partial charge in [-0.3, -0.25) is 4.40 Å². The lowest BCUT2D eigenvalue weighted by Gasteiger charge is -2.04. The van der Waals surface area contributed by atoms with Gasteiger partial charge in [-0.2, -0.15) is 0 Å². The summed E-state index contributed by atoms with van der Waals surface area (Å²) >= 11 is 0. The molecule has 2 heterocycles. The van der Waals surface area contributed by atoms with E-state index >= 15 is 0 Å². The molecule has 0 fully saturated rings. The molecule has 0 aliphatic rings. The summed E-state index contributed by atoms with van der Waals surface area (Å²) in [5, 5.41) is 9.81. The Morgan fingerprint density at radius 2 is 2.00 bits per heavy atom. The SMILES string of the molecule is Nc1nccn2c(-c3ccccc3O)ncc12. The average Bonchev–Trinajstić information content (AvgIpc) is 2.75. The number of fused-ring (bicyclic) bond motifs is 1. The zero-order chi connectivity index (χ0) is 11.8. The third-order valence-corrected chi connectivity index (χ3v) is 2.63. The number of para-hydroxylation sites is 1. The lowest BCUT2D eigenvalue weighted by molar-refractivity contribution is 0.477. The Balaban J connectivity index is 2.33. The Bertz CT molecular complexity index is 690. The maximum absolute atomic E-state index is 9.81. The van der Waals surface area contributed by atoms with Crippen LogP contribution in [0.1, 0.15) is 0 Å². The molecular formula is C12H10N4O. The standard InChI is InChI=1S/C12H10N4O/c13-11-9-7-15-12(16(9)6-5-14-11)8-3-1-2-4-10(8)17/h1-7,17H,(H2,13,14). The predicted molar refractivity (Wildman–Crippen MR) is 64.5 cm³/mol. The number of aromatic nitrogens is 3. The molecule has 84 valence electrons. The van der Waals surface area contributed by atoms with Gasteiger partial charge in [0.05, 0.1) is 11.8 Å². The van der Waals surface area contributed by atoms with Crippen LogP contribution < -0.4 is 5.73 Å². The highest BCUT2D eigenvalue weighted by Crippen LogP contribution is 2.28. The highest BCUT2D eigenvalue weighted by atomic mass is 16.3. The molecule has 0 saturated heterocycles. The number of nitrogen functional groups attached to an aromatic ring is 1. The highest BCUT2D eigenvalue weighted by Gasteiger charge is 2.11. The van der Waals surface area contributed by atoms with Gasteiger partial charge in [-0.15, -0.1) is 0 Å². The number of hydrogen-bond donors (Lipinski definition) is 2. The molecule has 0 aliphatic heterocycles. The maximum atomic E-state index is 9.81. The molecule has 0 spiro atoms. The van der Waals surface area contributed by atoms with Crippen molar-refractivity contribution in [3.8, 4) is 17.1 Å². The summed E-state index contributed by atoms with van der Waals surface area (Å²) in [5.74, 6) is 1.25. The number of nitrogens with two attached hydrogens (primary N) is 1. The summed E-state index contributed by atoms with van der Waals surface area (Å²) in [7, 11) is 0. The molecule has 0 unspecified atom stereocenters. The first-order chi connectivity index (χ1) is 8.27. The van der Waals surface area contributed by atoms with Crippen molar-refractivity contribution in [1.29, 1.82) is 0 Å². The van der Waals surface area contributed by atoms with E-state index in [1.165, 1.54) is 0 Å². The van der Waals surface area contributed by atoms with Gasteiger partial charge < -0.3 is 10.8 Å². The van der Waals surface area contributed by atoms with Gasteiger partial charge in [-0.05, 0) is 12.1 Å². The minimum atomic E-state index is 0.190. The van der Waals surface area contributed by atoms with Crippen LogP contribution in [-0.2, 0) is 0 Å². The largest absolute Gasteiger partial charge is 0.507 e. The number of imidazole rings is 1. The van der Waals surface area contributed by atoms with Crippen LogP contribution in [0.5, 0.6) is 5.75 Å². The molecule has 5 heteroatoms. The van der Waals surface area contributed by atoms with Crippen LogP contribution >= 0.6 is 0 Å². The Morgan fingerprint density at radius 1 is 1.18 bits per heavy atom. The molecule has 0 atom stereocenters. The Morgan fingerprint density at radius 3 is 2.82 bits per heavy atom. The van der Waals surface area contributed by atoms with Gasteiger partial charge in [0.25, 0.3) is 0 Å². The summed E-state index contributed by atoms with van der Waals surface area (Å²) in [5.41, 5.74) is 7.14. The van der Waals surface area contributed by atoms with E-state index in [0.29, 0.717) is 17.2 Å². The van der Waals surface area contributed by atoms with Crippen molar-refractivity contribution in [1.82, 2.24) is 14.4 Å². The number of rotatable bonds is 1. The molecule has 0 amide bonds. The molecule has 3 aromatic rings. The zero-order valence-electron chi connectivity index (χ0n) is 8.91. The van der Waals surface area contributed by atoms with Crippen LogP contribution in [0.3, 0.4) is 0 Å². The Kier molecular flexibility index (Phi) is 1.98. The fourth-order valence-electron chi connectivity index (χ4n) is 1.81. The topological polar surface area (TPSA) is 76.4 Å². The third-order valence-electron chi connectivity index (χ3n) is 2.63. The number of nitrogens with zero attached hydrogens (tertiary/aromatic N) is 3. The molecule has 0 saturated carbocycles. The minimum Gasteiger partial charge on any atom is -0.507 e. The lowest BCUT2D eigenvalue weighted by atomic mass is 10.2. The number of phenols is 1. The summed E-state index contributed by atoms with van der Waals surface area (Å²) in [6, 6.07) is 7.05. The van der Waals surface area contributed by atoms with Crippen molar-refractivity contribution in [2.45, 2.75) is 0 Å². The van der Waals surface area contributed by atoms with E-state index in [2.05, 4.69) is 9.97 Å². The van der Waals surface area contributed by atoms with Crippen molar-refractivity contribution in [2.75, 3.05) is 5.73 Å². The predicted octanol–water partition coefficient (Wildman–Crippen LogP) is 1.68. The molecule has 0 aliphatic carbocycles. The molecule has 5 nitrogen and oxygen atoms in total. The van der Waals surface area contributed by atoms with E-state index in [0.717, 1.165) is 5.52 Å². The van der Waals surface area contributed by atoms with Crippen molar-refractivity contribution >= 4 is 11.3 Å². The van der Waals surface area contributed by atoms with E-state index in [-0.39, 0.29) is 5.75 Å². The van der Waals surface area contributed by atoms with Crippen molar-refractivity contribution in [2.24, 2.45) is 0 Å². The van der Waals surface area contributed by atoms with Crippen molar-refractivity contribution in [3.05, 3.63) is 42.9 Å². The second-order valence-corrected chi connectivity index (χ2v) is 3.67. The number of phenolic OH excluding ortho intramolecular Hbond substituents is 1. The van der Waals surface area contributed by atoms with Crippen molar-refractivity contribution in [3.63, 3.8) is 0 Å². The van der Waals surface area contributed by atoms with Gasteiger partial charge in [-0.25, -0.2) is 9.97 Å². The fraction of sp³-hybridized carbons (Fsp3) is 0. The van der Waals surface area contributed by atoms with E-state index in [1.807, 2.05) is 6.07 Å². The average molecular weight is 226 g/mol. The summed E-state index contributed by atoms with van der Waals surface area (Å²) < 4.78 is 1.80. The Hall–Kier alpha value is -2.56. The smallest absolute Gasteiger partial charge is 0.149 e. The number of benzene rings is 1. The normalized spacial score (nSPS) is 10.8. The molecule has 3 N–H and O–H groups in total. The van der Waals surface area contributed by atoms with Gasteiger partial charge in [0, 0.05) is 12.4 Å². The van der Waals surface area contributed by atoms with Gasteiger partial charge in [0.15, 0.2) is 0 Å². The number of hydrogen-bond acceptors (Lipinski definition) is 4. The first kappa shape index (κ1) is 9.65. The molecule has 3 rings (SSSR count). The van der Waals surface area contributed by atoms with Crippen LogP contribution in [-0.4, -0.2) is 19.5 Å². The van der Waals surface area contributed by atoms with E-state index in [9.17, 15) is 5.11 Å². The summed E-state index contributed by atoms with van der Waals surface area (Å²) in [6.07, 6.45) is 5.01. The van der Waals surface area contributed by atoms with E-state index in [1.54, 1.807) is 41.2 Å². The lowest BCUT2D eigenvalue weighted by Crippen LogP contribution is -1.95. The molecule has 17 heavy (non-hydrogen) atoms. The fourth-order valence-corrected chi connectivity index (χ4v) is 1.81. The monoisotopic (exact) mass is 226 g/mol. The van der Waals surface area contributed by atoms with Crippen molar-refractivity contribution < 1.29 is 5.11 Å². The maximum Gasteiger partial charge on any atom is 0.149 e. The number of anilines is 1. The van der Waals surface area contributed by atoms with Crippen LogP contribution in [0.25, 0.3) is 16.9 Å². The van der Waals surface area contributed by atoms with Gasteiger partial charge in [-0.1, -0.05) is 12.1 Å². The van der Waals surface area contributed by atoms with Gasteiger partial charge in [0.1, 0.15) is 22.9 Å². The molecule has 0 radical (unpaired) electrons. The van der Waals surface area contributed by atoms with E-state index < -0.39 is 0 Å². The second-order valence-electron chi connectivity index (χ2n) is 3.67.